The summed E-state index contributed by atoms with van der Waals surface area (Å²) in [4.78, 5) is 0. The van der Waals surface area contributed by atoms with Crippen LogP contribution in [0.15, 0.2) is 0 Å². The van der Waals surface area contributed by atoms with Crippen molar-refractivity contribution in [3.05, 3.63) is 0 Å². The van der Waals surface area contributed by atoms with Gasteiger partial charge in [-0.1, -0.05) is 6.92 Å². The quantitative estimate of drug-likeness (QED) is 0.699. The zero-order valence-corrected chi connectivity index (χ0v) is 8.40. The van der Waals surface area contributed by atoms with Gasteiger partial charge in [0, 0.05) is 19.5 Å². The summed E-state index contributed by atoms with van der Waals surface area (Å²) in [5, 5.41) is 12.2. The average Bonchev–Trinajstić information content (AvgIpc) is 2.95. The van der Waals surface area contributed by atoms with Crippen LogP contribution in [0, 0.1) is 22.2 Å². The molecule has 13 heavy (non-hydrogen) atoms. The predicted octanol–water partition coefficient (Wildman–Crippen LogP) is 2.07. The first-order valence-electron chi connectivity index (χ1n) is 5.26. The lowest BCUT2D eigenvalue weighted by atomic mass is 10.0. The molecule has 0 bridgehead atoms. The minimum Gasteiger partial charge on any atom is -0.316 e. The lowest BCUT2D eigenvalue weighted by molar-refractivity contribution is 0.421. The summed E-state index contributed by atoms with van der Waals surface area (Å²) in [5.41, 5.74) is 0.975. The molecule has 0 aromatic carbocycles. The van der Waals surface area contributed by atoms with E-state index >= 15 is 0 Å². The van der Waals surface area contributed by atoms with E-state index in [0.717, 1.165) is 19.5 Å². The van der Waals surface area contributed by atoms with Crippen molar-refractivity contribution in [3.8, 4) is 6.07 Å². The third-order valence-electron chi connectivity index (χ3n) is 3.57. The fourth-order valence-corrected chi connectivity index (χ4v) is 1.78. The first-order chi connectivity index (χ1) is 6.18. The van der Waals surface area contributed by atoms with Crippen molar-refractivity contribution in [2.75, 3.05) is 13.1 Å². The summed E-state index contributed by atoms with van der Waals surface area (Å²) in [5.74, 6) is 0. The minimum absolute atomic E-state index is 0.375. The van der Waals surface area contributed by atoms with Gasteiger partial charge in [0.1, 0.15) is 0 Å². The van der Waals surface area contributed by atoms with Gasteiger partial charge in [0.05, 0.1) is 6.07 Å². The van der Waals surface area contributed by atoms with Gasteiger partial charge in [0.2, 0.25) is 0 Å². The summed E-state index contributed by atoms with van der Waals surface area (Å²) in [6.07, 6.45) is 6.02. The molecule has 0 amide bonds. The van der Waals surface area contributed by atoms with Crippen LogP contribution in [0.4, 0.5) is 0 Å². The maximum absolute atomic E-state index is 8.64. The lowest BCUT2D eigenvalue weighted by Crippen LogP contribution is -2.28. The van der Waals surface area contributed by atoms with E-state index < -0.39 is 0 Å². The van der Waals surface area contributed by atoms with E-state index in [1.54, 1.807) is 0 Å². The molecular formula is C11H18N2. The van der Waals surface area contributed by atoms with Crippen molar-refractivity contribution in [2.24, 2.45) is 10.8 Å². The Morgan fingerprint density at radius 2 is 1.92 bits per heavy atom. The van der Waals surface area contributed by atoms with Gasteiger partial charge in [-0.25, -0.2) is 0 Å². The van der Waals surface area contributed by atoms with Crippen LogP contribution in [0.3, 0.4) is 0 Å². The SMILES string of the molecule is CC1(CNCC2(CC#N)CC2)CC1. The standard InChI is InChI=1S/C11H18N2/c1-10(2-3-10)8-13-9-11(4-5-11)6-7-12/h13H,2-6,8-9H2,1H3. The van der Waals surface area contributed by atoms with E-state index in [2.05, 4.69) is 18.3 Å². The fourth-order valence-electron chi connectivity index (χ4n) is 1.78. The van der Waals surface area contributed by atoms with E-state index in [1.165, 1.54) is 25.7 Å². The van der Waals surface area contributed by atoms with Gasteiger partial charge in [0.25, 0.3) is 0 Å². The van der Waals surface area contributed by atoms with Crippen LogP contribution in [0.2, 0.25) is 0 Å². The third kappa shape index (κ3) is 2.22. The highest BCUT2D eigenvalue weighted by molar-refractivity contribution is 5.01. The largest absolute Gasteiger partial charge is 0.316 e. The van der Waals surface area contributed by atoms with Gasteiger partial charge in [0.15, 0.2) is 0 Å². The second-order valence-electron chi connectivity index (χ2n) is 5.25. The second-order valence-corrected chi connectivity index (χ2v) is 5.25. The molecule has 0 radical (unpaired) electrons. The van der Waals surface area contributed by atoms with Gasteiger partial charge in [-0.05, 0) is 36.5 Å². The highest BCUT2D eigenvalue weighted by Gasteiger charge is 2.43. The average molecular weight is 178 g/mol. The highest BCUT2D eigenvalue weighted by Crippen LogP contribution is 2.49. The molecule has 2 nitrogen and oxygen atoms in total. The zero-order chi connectivity index (χ0) is 9.36. The second kappa shape index (κ2) is 2.99. The summed E-state index contributed by atoms with van der Waals surface area (Å²) in [6, 6.07) is 2.29. The fraction of sp³-hybridized carbons (Fsp3) is 0.909. The maximum Gasteiger partial charge on any atom is 0.0628 e. The number of hydrogen-bond acceptors (Lipinski definition) is 2. The number of nitrogens with one attached hydrogen (secondary N) is 1. The van der Waals surface area contributed by atoms with Crippen molar-refractivity contribution in [2.45, 2.75) is 39.0 Å². The molecule has 0 saturated heterocycles. The highest BCUT2D eigenvalue weighted by atomic mass is 14.9. The Labute approximate surface area is 80.3 Å². The van der Waals surface area contributed by atoms with Crippen molar-refractivity contribution in [1.82, 2.24) is 5.32 Å². The zero-order valence-electron chi connectivity index (χ0n) is 8.40. The molecule has 0 aromatic rings. The maximum atomic E-state index is 8.64. The molecule has 72 valence electrons. The smallest absolute Gasteiger partial charge is 0.0628 e. The normalized spacial score (nSPS) is 26.5. The molecule has 2 rings (SSSR count). The molecular weight excluding hydrogens is 160 g/mol. The minimum atomic E-state index is 0.375. The van der Waals surface area contributed by atoms with Crippen molar-refractivity contribution < 1.29 is 0 Å². The van der Waals surface area contributed by atoms with E-state index in [4.69, 9.17) is 5.26 Å². The van der Waals surface area contributed by atoms with E-state index in [-0.39, 0.29) is 0 Å². The van der Waals surface area contributed by atoms with Crippen LogP contribution in [0.1, 0.15) is 39.0 Å². The Morgan fingerprint density at radius 3 is 2.38 bits per heavy atom. The molecule has 2 aliphatic rings. The summed E-state index contributed by atoms with van der Waals surface area (Å²) in [7, 11) is 0. The Kier molecular flexibility index (Phi) is 2.08. The molecule has 2 fully saturated rings. The molecule has 2 aliphatic carbocycles. The summed E-state index contributed by atoms with van der Waals surface area (Å²) < 4.78 is 0. The Morgan fingerprint density at radius 1 is 1.23 bits per heavy atom. The summed E-state index contributed by atoms with van der Waals surface area (Å²) >= 11 is 0. The number of hydrogen-bond donors (Lipinski definition) is 1. The number of nitriles is 1. The summed E-state index contributed by atoms with van der Waals surface area (Å²) in [6.45, 7) is 4.56. The van der Waals surface area contributed by atoms with Crippen LogP contribution in [0.25, 0.3) is 0 Å². The molecule has 2 saturated carbocycles. The molecule has 0 unspecified atom stereocenters. The Hall–Kier alpha value is -0.550. The van der Waals surface area contributed by atoms with E-state index in [1.807, 2.05) is 0 Å². The molecule has 2 heteroatoms. The van der Waals surface area contributed by atoms with Crippen LogP contribution >= 0.6 is 0 Å². The van der Waals surface area contributed by atoms with Crippen molar-refractivity contribution in [1.29, 1.82) is 5.26 Å². The third-order valence-corrected chi connectivity index (χ3v) is 3.57. The Bertz CT molecular complexity index is 231. The van der Waals surface area contributed by atoms with Crippen molar-refractivity contribution >= 4 is 0 Å². The molecule has 0 heterocycles. The first kappa shape index (κ1) is 9.02. The molecule has 0 aromatic heterocycles. The van der Waals surface area contributed by atoms with Gasteiger partial charge in [-0.2, -0.15) is 5.26 Å². The molecule has 0 spiro atoms. The number of rotatable bonds is 5. The topological polar surface area (TPSA) is 35.8 Å². The van der Waals surface area contributed by atoms with Crippen LogP contribution < -0.4 is 5.32 Å². The van der Waals surface area contributed by atoms with Crippen LogP contribution in [-0.4, -0.2) is 13.1 Å². The lowest BCUT2D eigenvalue weighted by Gasteiger charge is -2.14. The van der Waals surface area contributed by atoms with Gasteiger partial charge < -0.3 is 5.32 Å². The van der Waals surface area contributed by atoms with E-state index in [9.17, 15) is 0 Å². The van der Waals surface area contributed by atoms with Crippen LogP contribution in [-0.2, 0) is 0 Å². The van der Waals surface area contributed by atoms with Crippen LogP contribution in [0.5, 0.6) is 0 Å². The van der Waals surface area contributed by atoms with Crippen molar-refractivity contribution in [3.63, 3.8) is 0 Å². The van der Waals surface area contributed by atoms with E-state index in [0.29, 0.717) is 10.8 Å². The predicted molar refractivity (Wildman–Crippen MR) is 52.1 cm³/mol. The van der Waals surface area contributed by atoms with Gasteiger partial charge in [-0.3, -0.25) is 0 Å². The first-order valence-corrected chi connectivity index (χ1v) is 5.26. The Balaban J connectivity index is 1.65. The molecule has 1 N–H and O–H groups in total. The van der Waals surface area contributed by atoms with Gasteiger partial charge in [-0.15, -0.1) is 0 Å². The molecule has 0 aliphatic heterocycles. The monoisotopic (exact) mass is 178 g/mol. The van der Waals surface area contributed by atoms with Gasteiger partial charge >= 0.3 is 0 Å². The molecule has 0 atom stereocenters. The number of nitrogens with zero attached hydrogens (tertiary/aromatic N) is 1.